The summed E-state index contributed by atoms with van der Waals surface area (Å²) >= 11 is 0. The van der Waals surface area contributed by atoms with Gasteiger partial charge in [0.1, 0.15) is 6.20 Å². The number of carbonyl (C=O) groups is 1. The number of carboxylic acid groups (broad SMARTS) is 1. The molecule has 1 atom stereocenters. The van der Waals surface area contributed by atoms with E-state index in [0.29, 0.717) is 13.2 Å². The molecular weight excluding hydrogens is 540 g/mol. The van der Waals surface area contributed by atoms with Gasteiger partial charge in [0.15, 0.2) is 6.67 Å². The summed E-state index contributed by atoms with van der Waals surface area (Å²) in [6.45, 7) is 6.78. The van der Waals surface area contributed by atoms with Crippen LogP contribution in [0.25, 0.3) is 0 Å². The zero-order chi connectivity index (χ0) is 31.8. The van der Waals surface area contributed by atoms with Gasteiger partial charge >= 0.3 is 0 Å². The van der Waals surface area contributed by atoms with E-state index in [1.165, 1.54) is 186 Å². The maximum atomic E-state index is 12.1. The highest BCUT2D eigenvalue weighted by Crippen LogP contribution is 2.22. The van der Waals surface area contributed by atoms with Crippen LogP contribution in [0.2, 0.25) is 0 Å². The van der Waals surface area contributed by atoms with Crippen molar-refractivity contribution >= 4 is 6.09 Å². The van der Waals surface area contributed by atoms with Crippen molar-refractivity contribution in [1.82, 2.24) is 4.90 Å². The predicted octanol–water partition coefficient (Wildman–Crippen LogP) is 12.4. The van der Waals surface area contributed by atoms with Gasteiger partial charge < -0.3 is 14.8 Å². The number of hydrogen-bond donors (Lipinski definition) is 0. The van der Waals surface area contributed by atoms with Crippen molar-refractivity contribution in [2.24, 2.45) is 0 Å². The van der Waals surface area contributed by atoms with Crippen LogP contribution in [0, 0.1) is 0 Å². The Hall–Kier alpha value is -1.03. The maximum Gasteiger partial charge on any atom is 0.263 e. The smallest absolute Gasteiger partial charge is 0.263 e. The van der Waals surface area contributed by atoms with E-state index in [1.807, 2.05) is 12.4 Å². The molecule has 0 saturated heterocycles. The van der Waals surface area contributed by atoms with Gasteiger partial charge in [-0.25, -0.2) is 4.48 Å². The van der Waals surface area contributed by atoms with Crippen molar-refractivity contribution in [3.63, 3.8) is 0 Å². The molecule has 4 nitrogen and oxygen atoms in total. The third kappa shape index (κ3) is 23.3. The Morgan fingerprint density at radius 3 is 1.11 bits per heavy atom. The molecule has 1 amide bonds. The number of carbonyl (C=O) groups excluding carboxylic acids is 1. The Balaban J connectivity index is 1.92. The molecule has 4 heteroatoms. The quantitative estimate of drug-likeness (QED) is 0.0532. The summed E-state index contributed by atoms with van der Waals surface area (Å²) in [5.41, 5.74) is 0. The van der Waals surface area contributed by atoms with Gasteiger partial charge in [-0.1, -0.05) is 200 Å². The zero-order valence-corrected chi connectivity index (χ0v) is 30.1. The predicted molar refractivity (Wildman–Crippen MR) is 190 cm³/mol. The lowest BCUT2D eigenvalue weighted by Crippen LogP contribution is -2.56. The topological polar surface area (TPSA) is 43.4 Å². The number of nitrogens with zero attached hydrogens (tertiary/aromatic N) is 2. The fraction of sp³-hybridized carbons (Fsp3) is 0.925. The number of unbranched alkanes of at least 4 members (excludes halogenated alkanes) is 30. The van der Waals surface area contributed by atoms with E-state index in [9.17, 15) is 9.90 Å². The zero-order valence-electron chi connectivity index (χ0n) is 30.1. The largest absolute Gasteiger partial charge is 0.498 e. The molecule has 1 aliphatic rings. The van der Waals surface area contributed by atoms with Crippen LogP contribution >= 0.6 is 0 Å². The van der Waals surface area contributed by atoms with Gasteiger partial charge in [-0.05, 0) is 19.3 Å². The van der Waals surface area contributed by atoms with Crippen LogP contribution < -0.4 is 5.11 Å². The molecule has 260 valence electrons. The second-order valence-electron chi connectivity index (χ2n) is 14.4. The van der Waals surface area contributed by atoms with Crippen molar-refractivity contribution < 1.29 is 14.4 Å². The van der Waals surface area contributed by atoms with Gasteiger partial charge in [0.05, 0.1) is 12.7 Å². The van der Waals surface area contributed by atoms with Crippen LogP contribution in [-0.2, 0) is 0 Å². The standard InChI is InChI=1S/C40H78N2O2/c1-3-5-7-9-11-13-15-17-19-21-23-25-27-29-31-33-35-41-36-38-42(39-41,40(43)44)37-34-32-30-28-26-24-22-20-18-16-14-12-10-8-6-4-2/h36,38H,3-35,37,39H2,1-2H3. The summed E-state index contributed by atoms with van der Waals surface area (Å²) < 4.78 is -0.00252. The molecule has 0 radical (unpaired) electrons. The van der Waals surface area contributed by atoms with E-state index in [2.05, 4.69) is 18.7 Å². The minimum atomic E-state index is -0.934. The summed E-state index contributed by atoms with van der Waals surface area (Å²) in [6, 6.07) is 0. The van der Waals surface area contributed by atoms with Crippen LogP contribution in [0.4, 0.5) is 4.79 Å². The van der Waals surface area contributed by atoms with Crippen molar-refractivity contribution in [3.05, 3.63) is 12.4 Å². The number of hydrogen-bond acceptors (Lipinski definition) is 3. The van der Waals surface area contributed by atoms with Crippen LogP contribution in [0.5, 0.6) is 0 Å². The lowest BCUT2D eigenvalue weighted by atomic mass is 10.0. The van der Waals surface area contributed by atoms with Crippen molar-refractivity contribution in [2.45, 2.75) is 219 Å². The Kier molecular flexibility index (Phi) is 28.5. The summed E-state index contributed by atoms with van der Waals surface area (Å²) in [6.07, 6.45) is 46.5. The third-order valence-corrected chi connectivity index (χ3v) is 10.1. The first-order valence-electron chi connectivity index (χ1n) is 20.2. The van der Waals surface area contributed by atoms with E-state index < -0.39 is 6.09 Å². The van der Waals surface area contributed by atoms with Crippen LogP contribution in [0.1, 0.15) is 219 Å². The van der Waals surface area contributed by atoms with Gasteiger partial charge in [-0.15, -0.1) is 0 Å². The average Bonchev–Trinajstić information content (AvgIpc) is 3.45. The molecule has 0 bridgehead atoms. The molecule has 0 aromatic rings. The van der Waals surface area contributed by atoms with Gasteiger partial charge in [0, 0.05) is 6.54 Å². The molecule has 0 fully saturated rings. The monoisotopic (exact) mass is 619 g/mol. The van der Waals surface area contributed by atoms with Gasteiger partial charge in [0.2, 0.25) is 0 Å². The molecule has 1 rings (SSSR count). The van der Waals surface area contributed by atoms with Crippen LogP contribution in [0.15, 0.2) is 12.4 Å². The number of rotatable bonds is 34. The van der Waals surface area contributed by atoms with Crippen LogP contribution in [-0.4, -0.2) is 35.2 Å². The Labute approximate surface area is 276 Å². The van der Waals surface area contributed by atoms with E-state index in [4.69, 9.17) is 0 Å². The molecule has 1 aliphatic heterocycles. The van der Waals surface area contributed by atoms with Crippen molar-refractivity contribution in [1.29, 1.82) is 0 Å². The number of amides is 1. The summed E-state index contributed by atoms with van der Waals surface area (Å²) in [5, 5.41) is 12.1. The van der Waals surface area contributed by atoms with E-state index in [-0.39, 0.29) is 4.48 Å². The highest BCUT2D eigenvalue weighted by atomic mass is 16.4. The average molecular weight is 619 g/mol. The van der Waals surface area contributed by atoms with Crippen molar-refractivity contribution in [3.8, 4) is 0 Å². The summed E-state index contributed by atoms with van der Waals surface area (Å²) in [4.78, 5) is 14.3. The molecule has 0 aromatic carbocycles. The second-order valence-corrected chi connectivity index (χ2v) is 14.4. The minimum absolute atomic E-state index is 0.00252. The molecular formula is C40H78N2O2. The lowest BCUT2D eigenvalue weighted by Gasteiger charge is -2.32. The molecule has 0 aromatic heterocycles. The minimum Gasteiger partial charge on any atom is -0.498 e. The molecule has 0 N–H and O–H groups in total. The third-order valence-electron chi connectivity index (χ3n) is 10.1. The first-order valence-corrected chi connectivity index (χ1v) is 20.2. The summed E-state index contributed by atoms with van der Waals surface area (Å²) in [5.74, 6) is 0. The highest BCUT2D eigenvalue weighted by Gasteiger charge is 2.33. The highest BCUT2D eigenvalue weighted by molar-refractivity contribution is 5.55. The van der Waals surface area contributed by atoms with E-state index in [0.717, 1.165) is 25.8 Å². The first kappa shape index (κ1) is 41.0. The lowest BCUT2D eigenvalue weighted by molar-refractivity contribution is -0.830. The van der Waals surface area contributed by atoms with Gasteiger partial charge in [-0.2, -0.15) is 0 Å². The van der Waals surface area contributed by atoms with E-state index >= 15 is 0 Å². The normalized spacial score (nSPS) is 16.4. The Morgan fingerprint density at radius 1 is 0.500 bits per heavy atom. The molecule has 0 spiro atoms. The van der Waals surface area contributed by atoms with Crippen molar-refractivity contribution in [2.75, 3.05) is 19.8 Å². The fourth-order valence-electron chi connectivity index (χ4n) is 6.95. The number of quaternary nitrogens is 1. The van der Waals surface area contributed by atoms with E-state index in [1.54, 1.807) is 0 Å². The maximum absolute atomic E-state index is 12.1. The first-order chi connectivity index (χ1) is 21.6. The molecule has 44 heavy (non-hydrogen) atoms. The Bertz CT molecular complexity index is 651. The molecule has 0 saturated carbocycles. The molecule has 1 unspecified atom stereocenters. The molecule has 1 heterocycles. The van der Waals surface area contributed by atoms with Gasteiger partial charge in [-0.3, -0.25) is 0 Å². The summed E-state index contributed by atoms with van der Waals surface area (Å²) in [7, 11) is 0. The second kappa shape index (κ2) is 30.6. The Morgan fingerprint density at radius 2 is 0.795 bits per heavy atom. The SMILES string of the molecule is CCCCCCCCCCCCCCCCCCN1C=C[N+](CCCCCCCCCCCCCCCCCC)(C(=O)[O-])C1. The fourth-order valence-corrected chi connectivity index (χ4v) is 6.95. The molecule has 0 aliphatic carbocycles. The van der Waals surface area contributed by atoms with Gasteiger partial charge in [0.25, 0.3) is 6.09 Å². The van der Waals surface area contributed by atoms with Crippen LogP contribution in [0.3, 0.4) is 0 Å².